The second-order valence-electron chi connectivity index (χ2n) is 5.07. The van der Waals surface area contributed by atoms with Crippen molar-refractivity contribution >= 4 is 11.8 Å². The van der Waals surface area contributed by atoms with Crippen molar-refractivity contribution in [2.75, 3.05) is 13.7 Å². The number of hydrogen-bond donors (Lipinski definition) is 2. The Morgan fingerprint density at radius 2 is 2.29 bits per heavy atom. The van der Waals surface area contributed by atoms with Gasteiger partial charge in [-0.3, -0.25) is 9.59 Å². The van der Waals surface area contributed by atoms with E-state index in [1.807, 2.05) is 0 Å². The van der Waals surface area contributed by atoms with Crippen LogP contribution in [0.25, 0.3) is 5.69 Å². The fraction of sp³-hybridized carbons (Fsp3) is 0.188. The maximum Gasteiger partial charge on any atom is 0.270 e. The number of hydrogen-bond acceptors (Lipinski definition) is 4. The number of ether oxygens (including phenoxy) is 1. The van der Waals surface area contributed by atoms with Crippen LogP contribution >= 0.6 is 0 Å². The van der Waals surface area contributed by atoms with E-state index in [9.17, 15) is 14.0 Å². The molecule has 1 unspecified atom stereocenters. The maximum atomic E-state index is 14.7. The zero-order chi connectivity index (χ0) is 17.4. The second kappa shape index (κ2) is 5.70. The summed E-state index contributed by atoms with van der Waals surface area (Å²) in [7, 11) is 1.36. The van der Waals surface area contributed by atoms with E-state index in [4.69, 9.17) is 16.9 Å². The van der Waals surface area contributed by atoms with Crippen LogP contribution in [-0.2, 0) is 0 Å². The summed E-state index contributed by atoms with van der Waals surface area (Å²) < 4.78 is 21.2. The number of carbonyl (C=O) groups is 2. The van der Waals surface area contributed by atoms with Gasteiger partial charge in [0.25, 0.3) is 11.8 Å². The first-order valence-corrected chi connectivity index (χ1v) is 7.00. The summed E-state index contributed by atoms with van der Waals surface area (Å²) in [5.74, 6) is 1.19. The molecule has 3 rings (SSSR count). The van der Waals surface area contributed by atoms with Gasteiger partial charge in [-0.15, -0.1) is 6.42 Å². The van der Waals surface area contributed by atoms with Gasteiger partial charge in [0.05, 0.1) is 11.3 Å². The zero-order valence-electron chi connectivity index (χ0n) is 12.7. The Hall–Kier alpha value is -3.34. The topological polar surface area (TPSA) is 99.2 Å². The Balaban J connectivity index is 2.37. The lowest BCUT2D eigenvalue weighted by Crippen LogP contribution is -2.24. The Kier molecular flexibility index (Phi) is 3.69. The molecule has 24 heavy (non-hydrogen) atoms. The number of primary amides is 1. The molecule has 1 aliphatic rings. The summed E-state index contributed by atoms with van der Waals surface area (Å²) in [6, 6.07) is 4.77. The summed E-state index contributed by atoms with van der Waals surface area (Å²) in [4.78, 5) is 23.8. The number of alkyl halides is 1. The van der Waals surface area contributed by atoms with Crippen LogP contribution in [-0.4, -0.2) is 35.2 Å². The van der Waals surface area contributed by atoms with Crippen LogP contribution in [0.3, 0.4) is 0 Å². The molecule has 0 radical (unpaired) electrons. The second-order valence-corrected chi connectivity index (χ2v) is 5.07. The monoisotopic (exact) mass is 328 g/mol. The zero-order valence-corrected chi connectivity index (χ0v) is 12.7. The third-order valence-corrected chi connectivity index (χ3v) is 3.64. The van der Waals surface area contributed by atoms with Crippen molar-refractivity contribution in [3.05, 3.63) is 40.7 Å². The Bertz CT molecular complexity index is 897. The third kappa shape index (κ3) is 2.27. The maximum absolute atomic E-state index is 14.7. The van der Waals surface area contributed by atoms with Crippen LogP contribution in [0.2, 0.25) is 0 Å². The Morgan fingerprint density at radius 1 is 1.54 bits per heavy atom. The smallest absolute Gasteiger partial charge is 0.270 e. The van der Waals surface area contributed by atoms with Crippen LogP contribution in [0, 0.1) is 12.3 Å². The predicted molar refractivity (Wildman–Crippen MR) is 82.8 cm³/mol. The Morgan fingerprint density at radius 3 is 2.92 bits per heavy atom. The number of amides is 2. The van der Waals surface area contributed by atoms with Gasteiger partial charge in [0, 0.05) is 12.6 Å². The van der Waals surface area contributed by atoms with Gasteiger partial charge < -0.3 is 15.8 Å². The number of benzene rings is 1. The Labute approximate surface area is 136 Å². The minimum atomic E-state index is -1.68. The molecule has 2 heterocycles. The van der Waals surface area contributed by atoms with Crippen molar-refractivity contribution in [1.29, 1.82) is 0 Å². The number of nitrogens with zero attached hydrogens (tertiary/aromatic N) is 2. The van der Waals surface area contributed by atoms with Crippen LogP contribution in [0.5, 0.6) is 5.75 Å². The molecule has 1 aromatic carbocycles. The number of rotatable bonds is 2. The van der Waals surface area contributed by atoms with E-state index < -0.39 is 18.0 Å². The number of aromatic nitrogens is 2. The lowest BCUT2D eigenvalue weighted by molar-refractivity contribution is 0.0938. The van der Waals surface area contributed by atoms with Gasteiger partial charge >= 0.3 is 0 Å². The average Bonchev–Trinajstić information content (AvgIpc) is 2.93. The van der Waals surface area contributed by atoms with Gasteiger partial charge in [-0.05, 0) is 18.2 Å². The predicted octanol–water partition coefficient (Wildman–Crippen LogP) is 0.715. The van der Waals surface area contributed by atoms with Crippen LogP contribution in [0.1, 0.15) is 38.3 Å². The molecule has 2 aromatic rings. The summed E-state index contributed by atoms with van der Waals surface area (Å²) >= 11 is 0. The van der Waals surface area contributed by atoms with Gasteiger partial charge in [0.15, 0.2) is 11.9 Å². The van der Waals surface area contributed by atoms with Crippen molar-refractivity contribution in [3.8, 4) is 23.8 Å². The van der Waals surface area contributed by atoms with Crippen LogP contribution in [0.4, 0.5) is 4.39 Å². The normalized spacial score (nSPS) is 15.3. The van der Waals surface area contributed by atoms with Gasteiger partial charge in [0.2, 0.25) is 0 Å². The van der Waals surface area contributed by atoms with E-state index in [2.05, 4.69) is 16.3 Å². The van der Waals surface area contributed by atoms with E-state index in [1.54, 1.807) is 18.2 Å². The van der Waals surface area contributed by atoms with Gasteiger partial charge in [-0.25, -0.2) is 9.07 Å². The molecule has 0 spiro atoms. The van der Waals surface area contributed by atoms with E-state index in [-0.39, 0.29) is 23.6 Å². The van der Waals surface area contributed by atoms with Gasteiger partial charge in [0.1, 0.15) is 18.0 Å². The number of terminal acetylenes is 1. The van der Waals surface area contributed by atoms with E-state index in [1.165, 1.54) is 7.05 Å². The first-order chi connectivity index (χ1) is 11.5. The first kappa shape index (κ1) is 15.6. The van der Waals surface area contributed by atoms with Crippen molar-refractivity contribution < 1.29 is 18.7 Å². The molecule has 1 aliphatic heterocycles. The number of nitrogens with one attached hydrogen (secondary N) is 1. The van der Waals surface area contributed by atoms with E-state index in [0.29, 0.717) is 17.0 Å². The molecule has 1 aromatic heterocycles. The molecule has 7 nitrogen and oxygen atoms in total. The number of nitrogens with two attached hydrogens (primary N) is 1. The minimum Gasteiger partial charge on any atom is -0.488 e. The molecule has 1 atom stereocenters. The molecule has 2 amide bonds. The number of carbonyl (C=O) groups excluding carboxylic acids is 2. The number of fused-ring (bicyclic) bond motifs is 3. The molecular weight excluding hydrogens is 315 g/mol. The van der Waals surface area contributed by atoms with E-state index in [0.717, 1.165) is 4.68 Å². The van der Waals surface area contributed by atoms with E-state index >= 15 is 0 Å². The molecule has 8 heteroatoms. The molecule has 0 saturated carbocycles. The molecule has 0 saturated heterocycles. The fourth-order valence-corrected chi connectivity index (χ4v) is 2.56. The highest BCUT2D eigenvalue weighted by atomic mass is 19.1. The van der Waals surface area contributed by atoms with Crippen LogP contribution < -0.4 is 15.8 Å². The van der Waals surface area contributed by atoms with Gasteiger partial charge in [-0.2, -0.15) is 5.10 Å². The van der Waals surface area contributed by atoms with Crippen molar-refractivity contribution in [2.45, 2.75) is 6.17 Å². The number of halogens is 1. The van der Waals surface area contributed by atoms with Crippen molar-refractivity contribution in [1.82, 2.24) is 15.1 Å². The van der Waals surface area contributed by atoms with Crippen molar-refractivity contribution in [3.63, 3.8) is 0 Å². The summed E-state index contributed by atoms with van der Waals surface area (Å²) in [5, 5.41) is 6.40. The molecule has 3 N–H and O–H groups in total. The highest BCUT2D eigenvalue weighted by Gasteiger charge is 2.34. The molecule has 0 fully saturated rings. The quantitative estimate of drug-likeness (QED) is 0.793. The van der Waals surface area contributed by atoms with Gasteiger partial charge in [-0.1, -0.05) is 5.92 Å². The third-order valence-electron chi connectivity index (χ3n) is 3.64. The highest BCUT2D eigenvalue weighted by molar-refractivity contribution is 6.06. The van der Waals surface area contributed by atoms with Crippen molar-refractivity contribution in [2.24, 2.45) is 5.73 Å². The molecule has 0 aliphatic carbocycles. The molecule has 0 bridgehead atoms. The summed E-state index contributed by atoms with van der Waals surface area (Å²) in [5.41, 5.74) is 5.52. The fourth-order valence-electron chi connectivity index (χ4n) is 2.56. The molecule has 122 valence electrons. The highest BCUT2D eigenvalue weighted by Crippen LogP contribution is 2.35. The summed E-state index contributed by atoms with van der Waals surface area (Å²) in [6.45, 7) is -0.337. The summed E-state index contributed by atoms with van der Waals surface area (Å²) in [6.07, 6.45) is 3.71. The minimum absolute atomic E-state index is 0.101. The van der Waals surface area contributed by atoms with Crippen LogP contribution in [0.15, 0.2) is 18.2 Å². The lowest BCUT2D eigenvalue weighted by atomic mass is 10.1. The lowest BCUT2D eigenvalue weighted by Gasteiger charge is -2.08. The standard InChI is InChI=1S/C16H13FN4O3/c1-3-8-4-5-11-10(6-8)21-14(9(17)7-24-11)12(16(23)19-2)13(20-21)15(18)22/h1,4-6,9H,7H2,2H3,(H2,18,22)(H,19,23). The molecular formula is C16H13FN4O3. The first-order valence-electron chi connectivity index (χ1n) is 7.00. The average molecular weight is 328 g/mol. The largest absolute Gasteiger partial charge is 0.488 e. The SMILES string of the molecule is C#Cc1ccc2c(c1)-n1nc(C(N)=O)c(C(=O)NC)c1C(F)CO2.